The summed E-state index contributed by atoms with van der Waals surface area (Å²) in [5.41, 5.74) is 3.44. The third kappa shape index (κ3) is 2.44. The SMILES string of the molecule is CC(C)c1ccc2nc(Cl)c(C(C)C)cc2c1. The van der Waals surface area contributed by atoms with Gasteiger partial charge in [-0.1, -0.05) is 45.4 Å². The van der Waals surface area contributed by atoms with Crippen LogP contribution in [0.2, 0.25) is 5.15 Å². The van der Waals surface area contributed by atoms with E-state index in [4.69, 9.17) is 11.6 Å². The molecule has 0 unspecified atom stereocenters. The van der Waals surface area contributed by atoms with Gasteiger partial charge in [-0.25, -0.2) is 4.98 Å². The molecule has 0 fully saturated rings. The lowest BCUT2D eigenvalue weighted by molar-refractivity contribution is 0.859. The molecule has 2 heteroatoms. The molecule has 0 saturated carbocycles. The highest BCUT2D eigenvalue weighted by Crippen LogP contribution is 2.28. The van der Waals surface area contributed by atoms with Gasteiger partial charge in [0, 0.05) is 5.39 Å². The van der Waals surface area contributed by atoms with Crippen LogP contribution in [0.15, 0.2) is 24.3 Å². The average molecular weight is 248 g/mol. The van der Waals surface area contributed by atoms with Crippen LogP contribution in [0.5, 0.6) is 0 Å². The number of benzene rings is 1. The molecule has 0 spiro atoms. The smallest absolute Gasteiger partial charge is 0.133 e. The highest BCUT2D eigenvalue weighted by atomic mass is 35.5. The third-order valence-electron chi connectivity index (χ3n) is 3.11. The van der Waals surface area contributed by atoms with Crippen molar-refractivity contribution in [2.24, 2.45) is 0 Å². The van der Waals surface area contributed by atoms with Gasteiger partial charge < -0.3 is 0 Å². The van der Waals surface area contributed by atoms with E-state index in [2.05, 4.69) is 56.9 Å². The Labute approximate surface area is 108 Å². The van der Waals surface area contributed by atoms with Crippen molar-refractivity contribution in [3.8, 4) is 0 Å². The first-order chi connectivity index (χ1) is 7.99. The molecule has 1 aromatic heterocycles. The maximum atomic E-state index is 6.19. The van der Waals surface area contributed by atoms with Crippen LogP contribution < -0.4 is 0 Å². The Morgan fingerprint density at radius 3 is 2.29 bits per heavy atom. The molecule has 0 N–H and O–H groups in total. The topological polar surface area (TPSA) is 12.9 Å². The fraction of sp³-hybridized carbons (Fsp3) is 0.400. The van der Waals surface area contributed by atoms with Crippen LogP contribution in [-0.2, 0) is 0 Å². The molecule has 2 rings (SSSR count). The minimum Gasteiger partial charge on any atom is -0.236 e. The van der Waals surface area contributed by atoms with E-state index in [0.29, 0.717) is 17.0 Å². The van der Waals surface area contributed by atoms with Crippen molar-refractivity contribution < 1.29 is 0 Å². The van der Waals surface area contributed by atoms with Crippen molar-refractivity contribution in [3.63, 3.8) is 0 Å². The maximum absolute atomic E-state index is 6.19. The van der Waals surface area contributed by atoms with E-state index in [9.17, 15) is 0 Å². The van der Waals surface area contributed by atoms with Crippen LogP contribution in [0.4, 0.5) is 0 Å². The van der Waals surface area contributed by atoms with Gasteiger partial charge in [-0.3, -0.25) is 0 Å². The third-order valence-corrected chi connectivity index (χ3v) is 3.41. The number of halogens is 1. The molecular formula is C15H18ClN. The Morgan fingerprint density at radius 2 is 1.71 bits per heavy atom. The first-order valence-corrected chi connectivity index (χ1v) is 6.47. The highest BCUT2D eigenvalue weighted by molar-refractivity contribution is 6.30. The average Bonchev–Trinajstić information content (AvgIpc) is 2.27. The second kappa shape index (κ2) is 4.66. The van der Waals surface area contributed by atoms with Gasteiger partial charge in [0.05, 0.1) is 5.52 Å². The number of hydrogen-bond donors (Lipinski definition) is 0. The first kappa shape index (κ1) is 12.4. The summed E-state index contributed by atoms with van der Waals surface area (Å²) in [4.78, 5) is 4.46. The number of nitrogens with zero attached hydrogens (tertiary/aromatic N) is 1. The molecule has 0 aliphatic carbocycles. The standard InChI is InChI=1S/C15H18ClN/c1-9(2)11-5-6-14-12(7-11)8-13(10(3)4)15(16)17-14/h5-10H,1-4H3. The molecule has 2 aromatic rings. The minimum absolute atomic E-state index is 0.405. The molecular weight excluding hydrogens is 230 g/mol. The number of aromatic nitrogens is 1. The zero-order chi connectivity index (χ0) is 12.6. The predicted octanol–water partition coefficient (Wildman–Crippen LogP) is 5.14. The summed E-state index contributed by atoms with van der Waals surface area (Å²) < 4.78 is 0. The van der Waals surface area contributed by atoms with Gasteiger partial charge in [-0.2, -0.15) is 0 Å². The van der Waals surface area contributed by atoms with E-state index in [1.54, 1.807) is 0 Å². The quantitative estimate of drug-likeness (QED) is 0.670. The van der Waals surface area contributed by atoms with Crippen LogP contribution in [0.25, 0.3) is 10.9 Å². The lowest BCUT2D eigenvalue weighted by Gasteiger charge is -2.11. The Balaban J connectivity index is 2.64. The summed E-state index contributed by atoms with van der Waals surface area (Å²) in [5, 5.41) is 1.81. The molecule has 0 aliphatic heterocycles. The Morgan fingerprint density at radius 1 is 1.00 bits per heavy atom. The molecule has 90 valence electrons. The first-order valence-electron chi connectivity index (χ1n) is 6.09. The van der Waals surface area contributed by atoms with Crippen molar-refractivity contribution in [2.45, 2.75) is 39.5 Å². The van der Waals surface area contributed by atoms with Gasteiger partial charge in [0.2, 0.25) is 0 Å². The molecule has 1 heterocycles. The molecule has 0 amide bonds. The van der Waals surface area contributed by atoms with Gasteiger partial charge in [0.1, 0.15) is 5.15 Å². The van der Waals surface area contributed by atoms with Gasteiger partial charge >= 0.3 is 0 Å². The fourth-order valence-electron chi connectivity index (χ4n) is 1.95. The number of hydrogen-bond acceptors (Lipinski definition) is 1. The van der Waals surface area contributed by atoms with Gasteiger partial charge in [0.25, 0.3) is 0 Å². The molecule has 1 aromatic carbocycles. The van der Waals surface area contributed by atoms with Crippen molar-refractivity contribution >= 4 is 22.5 Å². The Bertz CT molecular complexity index is 544. The van der Waals surface area contributed by atoms with E-state index in [1.807, 2.05) is 0 Å². The fourth-order valence-corrected chi connectivity index (χ4v) is 2.32. The van der Waals surface area contributed by atoms with Crippen LogP contribution in [0.1, 0.15) is 50.7 Å². The molecule has 0 aliphatic rings. The lowest BCUT2D eigenvalue weighted by atomic mass is 9.98. The van der Waals surface area contributed by atoms with Crippen LogP contribution in [0.3, 0.4) is 0 Å². The van der Waals surface area contributed by atoms with Crippen molar-refractivity contribution in [3.05, 3.63) is 40.5 Å². The highest BCUT2D eigenvalue weighted by Gasteiger charge is 2.09. The zero-order valence-corrected chi connectivity index (χ0v) is 11.5. The number of rotatable bonds is 2. The normalized spacial score (nSPS) is 11.7. The van der Waals surface area contributed by atoms with Crippen LogP contribution in [0, 0.1) is 0 Å². The predicted molar refractivity (Wildman–Crippen MR) is 74.9 cm³/mol. The van der Waals surface area contributed by atoms with E-state index < -0.39 is 0 Å². The van der Waals surface area contributed by atoms with Gasteiger partial charge in [-0.15, -0.1) is 0 Å². The number of pyridine rings is 1. The maximum Gasteiger partial charge on any atom is 0.133 e. The molecule has 17 heavy (non-hydrogen) atoms. The van der Waals surface area contributed by atoms with Crippen LogP contribution in [-0.4, -0.2) is 4.98 Å². The van der Waals surface area contributed by atoms with Crippen LogP contribution >= 0.6 is 11.6 Å². The Kier molecular flexibility index (Phi) is 3.39. The van der Waals surface area contributed by atoms with E-state index in [-0.39, 0.29) is 0 Å². The van der Waals surface area contributed by atoms with E-state index in [1.165, 1.54) is 10.9 Å². The molecule has 1 nitrogen and oxygen atoms in total. The number of fused-ring (bicyclic) bond motifs is 1. The zero-order valence-electron chi connectivity index (χ0n) is 10.8. The minimum atomic E-state index is 0.405. The summed E-state index contributed by atoms with van der Waals surface area (Å²) in [5.74, 6) is 0.944. The monoisotopic (exact) mass is 247 g/mol. The van der Waals surface area contributed by atoms with Gasteiger partial charge in [-0.05, 0) is 41.2 Å². The summed E-state index contributed by atoms with van der Waals surface area (Å²) in [7, 11) is 0. The summed E-state index contributed by atoms with van der Waals surface area (Å²) in [6, 6.07) is 8.57. The molecule has 0 atom stereocenters. The summed E-state index contributed by atoms with van der Waals surface area (Å²) in [6.07, 6.45) is 0. The summed E-state index contributed by atoms with van der Waals surface area (Å²) in [6.45, 7) is 8.68. The molecule has 0 bridgehead atoms. The molecule has 0 saturated heterocycles. The lowest BCUT2D eigenvalue weighted by Crippen LogP contribution is -1.94. The Hall–Kier alpha value is -1.08. The largest absolute Gasteiger partial charge is 0.236 e. The van der Waals surface area contributed by atoms with Crippen molar-refractivity contribution in [1.29, 1.82) is 0 Å². The van der Waals surface area contributed by atoms with Gasteiger partial charge in [0.15, 0.2) is 0 Å². The molecule has 0 radical (unpaired) electrons. The van der Waals surface area contributed by atoms with E-state index >= 15 is 0 Å². The second-order valence-electron chi connectivity index (χ2n) is 5.13. The van der Waals surface area contributed by atoms with E-state index in [0.717, 1.165) is 11.1 Å². The summed E-state index contributed by atoms with van der Waals surface area (Å²) >= 11 is 6.19. The van der Waals surface area contributed by atoms with Crippen molar-refractivity contribution in [1.82, 2.24) is 4.98 Å². The van der Waals surface area contributed by atoms with Crippen molar-refractivity contribution in [2.75, 3.05) is 0 Å². The second-order valence-corrected chi connectivity index (χ2v) is 5.49.